The highest BCUT2D eigenvalue weighted by molar-refractivity contribution is 6.17. The van der Waals surface area contributed by atoms with Gasteiger partial charge in [0.25, 0.3) is 0 Å². The third-order valence-electron chi connectivity index (χ3n) is 1.48. The summed E-state index contributed by atoms with van der Waals surface area (Å²) >= 11 is 5.48. The lowest BCUT2D eigenvalue weighted by Gasteiger charge is -2.01. The second kappa shape index (κ2) is 8.85. The van der Waals surface area contributed by atoms with Crippen molar-refractivity contribution in [1.29, 1.82) is 0 Å². The van der Waals surface area contributed by atoms with Crippen LogP contribution in [0.3, 0.4) is 0 Å². The van der Waals surface area contributed by atoms with E-state index < -0.39 is 0 Å². The first-order chi connectivity index (χ1) is 5.81. The van der Waals surface area contributed by atoms with Crippen molar-refractivity contribution < 1.29 is 9.53 Å². The smallest absolute Gasteiger partial charge is 0.305 e. The van der Waals surface area contributed by atoms with Crippen molar-refractivity contribution in [3.05, 3.63) is 0 Å². The molecule has 0 aliphatic rings. The highest BCUT2D eigenvalue weighted by atomic mass is 35.5. The molecule has 0 aliphatic heterocycles. The van der Waals surface area contributed by atoms with Crippen molar-refractivity contribution in [2.75, 3.05) is 12.5 Å². The van der Waals surface area contributed by atoms with Crippen LogP contribution in [0.15, 0.2) is 0 Å². The van der Waals surface area contributed by atoms with Crippen molar-refractivity contribution in [1.82, 2.24) is 0 Å². The summed E-state index contributed by atoms with van der Waals surface area (Å²) in [6.45, 7) is 2.54. The number of hydrogen-bond acceptors (Lipinski definition) is 2. The summed E-state index contributed by atoms with van der Waals surface area (Å²) < 4.78 is 4.90. The molecule has 0 aromatic heterocycles. The maximum absolute atomic E-state index is 10.9. The van der Waals surface area contributed by atoms with Gasteiger partial charge in [-0.25, -0.2) is 0 Å². The third-order valence-corrected chi connectivity index (χ3v) is 1.75. The molecule has 0 amide bonds. The average molecular weight is 193 g/mol. The van der Waals surface area contributed by atoms with Gasteiger partial charge < -0.3 is 4.74 Å². The molecule has 0 aliphatic carbocycles. The molecule has 0 saturated carbocycles. The van der Waals surface area contributed by atoms with Crippen LogP contribution in [-0.4, -0.2) is 18.5 Å². The Kier molecular flexibility index (Phi) is 8.68. The number of carbonyl (C=O) groups is 1. The second-order valence-electron chi connectivity index (χ2n) is 2.72. The standard InChI is InChI=1S/C9H17ClO2/c1-2-8-12-9(11)6-4-3-5-7-10/h2-8H2,1H3. The topological polar surface area (TPSA) is 26.3 Å². The third kappa shape index (κ3) is 7.86. The zero-order chi connectivity index (χ0) is 9.23. The quantitative estimate of drug-likeness (QED) is 0.352. The Morgan fingerprint density at radius 3 is 2.67 bits per heavy atom. The molecule has 0 atom stereocenters. The normalized spacial score (nSPS) is 9.83. The van der Waals surface area contributed by atoms with Crippen LogP contribution in [0.4, 0.5) is 0 Å². The zero-order valence-electron chi connectivity index (χ0n) is 7.64. The molecule has 0 unspecified atom stereocenters. The summed E-state index contributed by atoms with van der Waals surface area (Å²) in [6, 6.07) is 0. The first-order valence-electron chi connectivity index (χ1n) is 4.52. The number of hydrogen-bond donors (Lipinski definition) is 0. The summed E-state index contributed by atoms with van der Waals surface area (Å²) in [4.78, 5) is 10.9. The van der Waals surface area contributed by atoms with E-state index in [1.54, 1.807) is 0 Å². The summed E-state index contributed by atoms with van der Waals surface area (Å²) in [5.41, 5.74) is 0. The van der Waals surface area contributed by atoms with Gasteiger partial charge >= 0.3 is 5.97 Å². The van der Waals surface area contributed by atoms with E-state index in [-0.39, 0.29) is 5.97 Å². The highest BCUT2D eigenvalue weighted by Gasteiger charge is 2.00. The lowest BCUT2D eigenvalue weighted by molar-refractivity contribution is -0.143. The zero-order valence-corrected chi connectivity index (χ0v) is 8.40. The largest absolute Gasteiger partial charge is 0.466 e. The number of rotatable bonds is 7. The summed E-state index contributed by atoms with van der Waals surface area (Å²) in [7, 11) is 0. The van der Waals surface area contributed by atoms with Gasteiger partial charge in [0.1, 0.15) is 0 Å². The molecule has 0 rings (SSSR count). The van der Waals surface area contributed by atoms with Crippen LogP contribution in [0, 0.1) is 0 Å². The molecule has 0 spiro atoms. The van der Waals surface area contributed by atoms with E-state index in [0.717, 1.165) is 25.7 Å². The van der Waals surface area contributed by atoms with Crippen molar-refractivity contribution >= 4 is 17.6 Å². The molecule has 0 bridgehead atoms. The maximum atomic E-state index is 10.9. The fraction of sp³-hybridized carbons (Fsp3) is 0.889. The van der Waals surface area contributed by atoms with Crippen LogP contribution in [0.2, 0.25) is 0 Å². The van der Waals surface area contributed by atoms with Gasteiger partial charge in [0, 0.05) is 12.3 Å². The minimum atomic E-state index is -0.0774. The van der Waals surface area contributed by atoms with E-state index in [4.69, 9.17) is 16.3 Å². The van der Waals surface area contributed by atoms with Crippen LogP contribution >= 0.6 is 11.6 Å². The van der Waals surface area contributed by atoms with Gasteiger partial charge in [-0.05, 0) is 19.3 Å². The molecule has 0 heterocycles. The number of unbranched alkanes of at least 4 members (excludes halogenated alkanes) is 2. The van der Waals surface area contributed by atoms with Crippen LogP contribution in [0.1, 0.15) is 39.0 Å². The minimum absolute atomic E-state index is 0.0774. The Labute approximate surface area is 79.2 Å². The minimum Gasteiger partial charge on any atom is -0.466 e. The predicted octanol–water partition coefficient (Wildman–Crippen LogP) is 2.74. The Bertz CT molecular complexity index is 115. The molecule has 0 aromatic carbocycles. The van der Waals surface area contributed by atoms with Crippen LogP contribution in [-0.2, 0) is 9.53 Å². The molecular formula is C9H17ClO2. The molecule has 0 saturated heterocycles. The molecule has 0 aromatic rings. The van der Waals surface area contributed by atoms with E-state index in [1.807, 2.05) is 6.92 Å². The molecule has 0 fully saturated rings. The SMILES string of the molecule is CCCOC(=O)CCCCCCl. The van der Waals surface area contributed by atoms with E-state index in [9.17, 15) is 4.79 Å². The van der Waals surface area contributed by atoms with Gasteiger partial charge in [-0.3, -0.25) is 4.79 Å². The van der Waals surface area contributed by atoms with E-state index >= 15 is 0 Å². The number of ether oxygens (including phenoxy) is 1. The highest BCUT2D eigenvalue weighted by Crippen LogP contribution is 2.02. The first-order valence-corrected chi connectivity index (χ1v) is 5.06. The van der Waals surface area contributed by atoms with Crippen molar-refractivity contribution in [2.45, 2.75) is 39.0 Å². The molecule has 0 N–H and O–H groups in total. The van der Waals surface area contributed by atoms with Crippen molar-refractivity contribution in [2.24, 2.45) is 0 Å². The maximum Gasteiger partial charge on any atom is 0.305 e. The van der Waals surface area contributed by atoms with Crippen molar-refractivity contribution in [3.63, 3.8) is 0 Å². The van der Waals surface area contributed by atoms with Gasteiger partial charge in [-0.15, -0.1) is 11.6 Å². The van der Waals surface area contributed by atoms with Crippen LogP contribution in [0.5, 0.6) is 0 Å². The van der Waals surface area contributed by atoms with E-state index in [1.165, 1.54) is 0 Å². The van der Waals surface area contributed by atoms with E-state index in [0.29, 0.717) is 18.9 Å². The van der Waals surface area contributed by atoms with Gasteiger partial charge in [0.15, 0.2) is 0 Å². The van der Waals surface area contributed by atoms with Crippen molar-refractivity contribution in [3.8, 4) is 0 Å². The van der Waals surface area contributed by atoms with Gasteiger partial charge in [0.2, 0.25) is 0 Å². The lowest BCUT2D eigenvalue weighted by Crippen LogP contribution is -2.04. The average Bonchev–Trinajstić information content (AvgIpc) is 2.09. The monoisotopic (exact) mass is 192 g/mol. The van der Waals surface area contributed by atoms with Crippen LogP contribution in [0.25, 0.3) is 0 Å². The Morgan fingerprint density at radius 2 is 2.08 bits per heavy atom. The summed E-state index contributed by atoms with van der Waals surface area (Å²) in [5, 5.41) is 0. The number of esters is 1. The molecular weight excluding hydrogens is 176 g/mol. The number of halogens is 1. The van der Waals surface area contributed by atoms with Crippen LogP contribution < -0.4 is 0 Å². The lowest BCUT2D eigenvalue weighted by atomic mass is 10.2. The fourth-order valence-electron chi connectivity index (χ4n) is 0.829. The first kappa shape index (κ1) is 11.8. The summed E-state index contributed by atoms with van der Waals surface area (Å²) in [5.74, 6) is 0.607. The molecule has 3 heteroatoms. The second-order valence-corrected chi connectivity index (χ2v) is 3.10. The number of carbonyl (C=O) groups excluding carboxylic acids is 1. The van der Waals surface area contributed by atoms with Gasteiger partial charge in [-0.2, -0.15) is 0 Å². The van der Waals surface area contributed by atoms with Gasteiger partial charge in [0.05, 0.1) is 6.61 Å². The molecule has 12 heavy (non-hydrogen) atoms. The molecule has 0 radical (unpaired) electrons. The molecule has 72 valence electrons. The fourth-order valence-corrected chi connectivity index (χ4v) is 1.02. The molecule has 2 nitrogen and oxygen atoms in total. The number of alkyl halides is 1. The van der Waals surface area contributed by atoms with Gasteiger partial charge in [-0.1, -0.05) is 13.3 Å². The predicted molar refractivity (Wildman–Crippen MR) is 50.4 cm³/mol. The Hall–Kier alpha value is -0.240. The Morgan fingerprint density at radius 1 is 1.33 bits per heavy atom. The van der Waals surface area contributed by atoms with E-state index in [2.05, 4.69) is 0 Å². The Balaban J connectivity index is 3.08. The summed E-state index contributed by atoms with van der Waals surface area (Å²) in [6.07, 6.45) is 4.34.